The summed E-state index contributed by atoms with van der Waals surface area (Å²) in [6.45, 7) is 5.66. The lowest BCUT2D eigenvalue weighted by molar-refractivity contribution is 0.176. The lowest BCUT2D eigenvalue weighted by Gasteiger charge is -2.19. The van der Waals surface area contributed by atoms with Crippen LogP contribution in [0.2, 0.25) is 0 Å². The third-order valence-electron chi connectivity index (χ3n) is 4.03. The maximum absolute atomic E-state index is 5.13. The average Bonchev–Trinajstić information content (AvgIpc) is 2.93. The lowest BCUT2D eigenvalue weighted by Crippen LogP contribution is -2.21. The van der Waals surface area contributed by atoms with E-state index in [9.17, 15) is 0 Å². The van der Waals surface area contributed by atoms with Crippen molar-refractivity contribution in [2.24, 2.45) is 0 Å². The number of aryl methyl sites for hydroxylation is 1. The minimum atomic E-state index is 0.699. The van der Waals surface area contributed by atoms with Crippen molar-refractivity contribution in [3.05, 3.63) is 41.6 Å². The van der Waals surface area contributed by atoms with Gasteiger partial charge in [0.25, 0.3) is 0 Å². The van der Waals surface area contributed by atoms with E-state index >= 15 is 0 Å². The average molecular weight is 362 g/mol. The fourth-order valence-electron chi connectivity index (χ4n) is 2.64. The van der Waals surface area contributed by atoms with Crippen LogP contribution in [0.1, 0.15) is 11.3 Å². The molecule has 0 bridgehead atoms. The maximum Gasteiger partial charge on any atom is 0.183 e. The number of thioether (sulfide) groups is 1. The van der Waals surface area contributed by atoms with E-state index in [4.69, 9.17) is 9.72 Å². The van der Waals surface area contributed by atoms with E-state index < -0.39 is 0 Å². The number of thiazole rings is 1. The minimum Gasteiger partial charge on any atom is -0.483 e. The van der Waals surface area contributed by atoms with Gasteiger partial charge in [-0.2, -0.15) is 0 Å². The fourth-order valence-corrected chi connectivity index (χ4v) is 4.79. The summed E-state index contributed by atoms with van der Waals surface area (Å²) in [5.74, 6) is 1.82. The summed E-state index contributed by atoms with van der Waals surface area (Å²) < 4.78 is 5.13. The summed E-state index contributed by atoms with van der Waals surface area (Å²) in [5, 5.41) is 4.49. The molecule has 0 saturated heterocycles. The van der Waals surface area contributed by atoms with Gasteiger partial charge in [0.2, 0.25) is 0 Å². The predicted octanol–water partition coefficient (Wildman–Crippen LogP) is 4.31. The van der Waals surface area contributed by atoms with Gasteiger partial charge in [0.1, 0.15) is 0 Å². The first-order chi connectivity index (χ1) is 11.7. The monoisotopic (exact) mass is 361 g/mol. The molecule has 0 saturated carbocycles. The van der Waals surface area contributed by atoms with E-state index in [1.807, 2.05) is 23.7 Å². The van der Waals surface area contributed by atoms with Gasteiger partial charge in [-0.25, -0.2) is 4.98 Å². The van der Waals surface area contributed by atoms with E-state index in [1.54, 1.807) is 18.4 Å². The number of benzene rings is 1. The molecule has 1 N–H and O–H groups in total. The molecule has 1 aliphatic rings. The van der Waals surface area contributed by atoms with Crippen molar-refractivity contribution in [1.29, 1.82) is 0 Å². The first kappa shape index (κ1) is 17.2. The lowest BCUT2D eigenvalue weighted by atomic mass is 10.1. The molecule has 3 rings (SSSR count). The molecule has 1 aromatic heterocycles. The molecular formula is C18H23N3OS2. The summed E-state index contributed by atoms with van der Waals surface area (Å²) >= 11 is 3.72. The Bertz CT molecular complexity index is 714. The number of nitrogens with one attached hydrogen (secondary N) is 1. The molecule has 0 radical (unpaired) electrons. The number of nitrogens with zero attached hydrogens (tertiary/aromatic N) is 2. The Labute approximate surface area is 151 Å². The van der Waals surface area contributed by atoms with E-state index in [1.165, 1.54) is 15.3 Å². The van der Waals surface area contributed by atoms with Gasteiger partial charge in [-0.3, -0.25) is 0 Å². The molecule has 1 aliphatic heterocycles. The first-order valence-electron chi connectivity index (χ1n) is 8.09. The Kier molecular flexibility index (Phi) is 5.68. The summed E-state index contributed by atoms with van der Waals surface area (Å²) in [6, 6.07) is 8.58. The van der Waals surface area contributed by atoms with Gasteiger partial charge < -0.3 is 15.0 Å². The first-order valence-corrected chi connectivity index (χ1v) is 9.89. The number of aromatic nitrogens is 1. The van der Waals surface area contributed by atoms with E-state index in [0.29, 0.717) is 5.88 Å². The van der Waals surface area contributed by atoms with Crippen molar-refractivity contribution in [3.63, 3.8) is 0 Å². The van der Waals surface area contributed by atoms with Gasteiger partial charge in [-0.15, -0.1) is 23.1 Å². The van der Waals surface area contributed by atoms with Crippen molar-refractivity contribution in [2.45, 2.75) is 17.7 Å². The summed E-state index contributed by atoms with van der Waals surface area (Å²) in [4.78, 5) is 9.61. The van der Waals surface area contributed by atoms with Gasteiger partial charge in [0.15, 0.2) is 11.0 Å². The second-order valence-corrected chi connectivity index (χ2v) is 7.91. The Balaban J connectivity index is 1.61. The molecule has 128 valence electrons. The van der Waals surface area contributed by atoms with Crippen LogP contribution in [-0.2, 0) is 11.2 Å². The van der Waals surface area contributed by atoms with E-state index in [2.05, 4.69) is 36.2 Å². The molecule has 0 fully saturated rings. The quantitative estimate of drug-likeness (QED) is 0.587. The van der Waals surface area contributed by atoms with Gasteiger partial charge in [0.05, 0.1) is 12.8 Å². The summed E-state index contributed by atoms with van der Waals surface area (Å²) in [7, 11) is 3.64. The van der Waals surface area contributed by atoms with E-state index in [0.717, 1.165) is 42.5 Å². The van der Waals surface area contributed by atoms with Crippen LogP contribution in [0.5, 0.6) is 0 Å². The molecule has 0 spiro atoms. The highest BCUT2D eigenvalue weighted by molar-refractivity contribution is 7.99. The maximum atomic E-state index is 5.13. The molecule has 4 nitrogen and oxygen atoms in total. The minimum absolute atomic E-state index is 0.699. The topological polar surface area (TPSA) is 37.4 Å². The van der Waals surface area contributed by atoms with Gasteiger partial charge >= 0.3 is 0 Å². The molecule has 0 unspecified atom stereocenters. The van der Waals surface area contributed by atoms with Crippen LogP contribution in [-0.4, -0.2) is 42.9 Å². The Morgan fingerprint density at radius 1 is 1.42 bits per heavy atom. The number of ether oxygens (including phenoxy) is 1. The van der Waals surface area contributed by atoms with Crippen molar-refractivity contribution in [2.75, 3.05) is 38.3 Å². The Morgan fingerprint density at radius 2 is 2.25 bits per heavy atom. The second-order valence-electron chi connectivity index (χ2n) is 5.69. The van der Waals surface area contributed by atoms with Crippen molar-refractivity contribution < 1.29 is 4.74 Å². The predicted molar refractivity (Wildman–Crippen MR) is 104 cm³/mol. The van der Waals surface area contributed by atoms with Crippen LogP contribution >= 0.6 is 23.1 Å². The normalized spacial score (nSPS) is 12.8. The highest BCUT2D eigenvalue weighted by Crippen LogP contribution is 2.40. The molecule has 1 aromatic carbocycles. The molecule has 0 atom stereocenters. The molecule has 24 heavy (non-hydrogen) atoms. The number of rotatable bonds is 7. The Hall–Kier alpha value is -1.66. The van der Waals surface area contributed by atoms with Crippen molar-refractivity contribution >= 4 is 28.2 Å². The van der Waals surface area contributed by atoms with Crippen LogP contribution in [0.25, 0.3) is 11.3 Å². The fraction of sp³-hybridized carbons (Fsp3) is 0.389. The third kappa shape index (κ3) is 3.87. The van der Waals surface area contributed by atoms with Gasteiger partial charge in [0, 0.05) is 41.2 Å². The number of hydrogen-bond acceptors (Lipinski definition) is 6. The molecular weight excluding hydrogens is 338 g/mol. The number of fused-ring (bicyclic) bond motifs is 3. The highest BCUT2D eigenvalue weighted by atomic mass is 32.2. The second kappa shape index (κ2) is 7.94. The number of anilines is 1. The molecule has 2 aromatic rings. The third-order valence-corrected chi connectivity index (χ3v) is 6.18. The highest BCUT2D eigenvalue weighted by Gasteiger charge is 2.19. The summed E-state index contributed by atoms with van der Waals surface area (Å²) in [5.41, 5.74) is 2.43. The molecule has 0 aliphatic carbocycles. The zero-order chi connectivity index (χ0) is 16.9. The van der Waals surface area contributed by atoms with Crippen LogP contribution in [0.4, 0.5) is 5.13 Å². The van der Waals surface area contributed by atoms with Crippen LogP contribution in [0.15, 0.2) is 41.6 Å². The van der Waals surface area contributed by atoms with E-state index in [-0.39, 0.29) is 0 Å². The standard InChI is InChI=1S/C18H23N3OS2/c1-13(22-3)21(2)11-6-10-19-18-20-17-14-7-4-5-8-15(14)23-12-9-16(17)24-18/h4-5,7-8H,1,6,9-12H2,2-3H3,(H,19,20). The Morgan fingerprint density at radius 3 is 3.08 bits per heavy atom. The zero-order valence-corrected chi connectivity index (χ0v) is 15.8. The van der Waals surface area contributed by atoms with Gasteiger partial charge in [-0.05, 0) is 25.5 Å². The van der Waals surface area contributed by atoms with Crippen LogP contribution in [0.3, 0.4) is 0 Å². The summed E-state index contributed by atoms with van der Waals surface area (Å²) in [6.07, 6.45) is 2.10. The molecule has 6 heteroatoms. The van der Waals surface area contributed by atoms with Crippen molar-refractivity contribution in [1.82, 2.24) is 9.88 Å². The SMILES string of the molecule is C=C(OC)N(C)CCCNc1nc2c(s1)CCSc1ccccc1-2. The van der Waals surface area contributed by atoms with Crippen molar-refractivity contribution in [3.8, 4) is 11.3 Å². The van der Waals surface area contributed by atoms with Crippen LogP contribution < -0.4 is 5.32 Å². The number of hydrogen-bond donors (Lipinski definition) is 1. The van der Waals surface area contributed by atoms with Crippen LogP contribution in [0, 0.1) is 0 Å². The molecule has 0 amide bonds. The molecule has 2 heterocycles. The van der Waals surface area contributed by atoms with Gasteiger partial charge in [-0.1, -0.05) is 18.2 Å². The zero-order valence-electron chi connectivity index (χ0n) is 14.2. The largest absolute Gasteiger partial charge is 0.483 e. The number of methoxy groups -OCH3 is 1. The smallest absolute Gasteiger partial charge is 0.183 e.